The van der Waals surface area contributed by atoms with Crippen molar-refractivity contribution in [3.63, 3.8) is 0 Å². The number of rotatable bonds is 15. The van der Waals surface area contributed by atoms with Crippen LogP contribution >= 0.6 is 24.4 Å². The van der Waals surface area contributed by atoms with Crippen LogP contribution in [0.4, 0.5) is 0 Å². The fourth-order valence-corrected chi connectivity index (χ4v) is 2.96. The van der Waals surface area contributed by atoms with E-state index in [1.54, 1.807) is 7.05 Å². The van der Waals surface area contributed by atoms with Crippen LogP contribution in [0.2, 0.25) is 0 Å². The fraction of sp³-hybridized carbons (Fsp3) is 0.737. The van der Waals surface area contributed by atoms with Crippen LogP contribution in [0.25, 0.3) is 0 Å². The molecule has 0 saturated carbocycles. The lowest BCUT2D eigenvalue weighted by Gasteiger charge is -2.42. The van der Waals surface area contributed by atoms with Crippen LogP contribution in [-0.2, 0) is 23.7 Å². The Morgan fingerprint density at radius 2 is 1.61 bits per heavy atom. The lowest BCUT2D eigenvalue weighted by atomic mass is 9.97. The molecule has 1 fully saturated rings. The van der Waals surface area contributed by atoms with Gasteiger partial charge < -0.3 is 50.2 Å². The maximum atomic E-state index is 11.4. The maximum Gasteiger partial charge on any atom is 0.217 e. The van der Waals surface area contributed by atoms with Gasteiger partial charge in [0.25, 0.3) is 0 Å². The molecular weight excluding hydrogens is 518 g/mol. The van der Waals surface area contributed by atoms with Gasteiger partial charge in [0.1, 0.15) is 24.4 Å². The van der Waals surface area contributed by atoms with E-state index in [1.165, 1.54) is 19.4 Å². The van der Waals surface area contributed by atoms with Crippen LogP contribution < -0.4 is 26.8 Å². The van der Waals surface area contributed by atoms with Crippen molar-refractivity contribution in [2.24, 2.45) is 10.2 Å². The highest BCUT2D eigenvalue weighted by atomic mass is 32.1. The SMILES string of the molecule is CNC(=S)N/N=C/C=N/NC(=S)NCCOCCOCCO[C@@H]1OC(CO)[C@H](O)[C@H](O)C1NC(C)=O. The minimum Gasteiger partial charge on any atom is -0.394 e. The number of nitrogens with one attached hydrogen (secondary N) is 5. The van der Waals surface area contributed by atoms with Crippen molar-refractivity contribution < 1.29 is 39.1 Å². The van der Waals surface area contributed by atoms with Gasteiger partial charge in [-0.1, -0.05) is 0 Å². The fourth-order valence-electron chi connectivity index (χ4n) is 2.75. The molecule has 0 bridgehead atoms. The quantitative estimate of drug-likeness (QED) is 0.0430. The van der Waals surface area contributed by atoms with Gasteiger partial charge in [-0.2, -0.15) is 10.2 Å². The Morgan fingerprint density at radius 1 is 1.00 bits per heavy atom. The Balaban J connectivity index is 2.10. The van der Waals surface area contributed by atoms with Crippen molar-refractivity contribution in [3.8, 4) is 0 Å². The Bertz CT molecular complexity index is 734. The summed E-state index contributed by atoms with van der Waals surface area (Å²) in [7, 11) is 1.67. The largest absolute Gasteiger partial charge is 0.394 e. The smallest absolute Gasteiger partial charge is 0.217 e. The summed E-state index contributed by atoms with van der Waals surface area (Å²) in [6.07, 6.45) is -2.02. The van der Waals surface area contributed by atoms with E-state index < -0.39 is 43.2 Å². The molecular formula is C19H35N7O8S2. The average Bonchev–Trinajstić information content (AvgIpc) is 2.85. The second-order valence-electron chi connectivity index (χ2n) is 7.14. The van der Waals surface area contributed by atoms with Crippen molar-refractivity contribution in [3.05, 3.63) is 0 Å². The number of carbonyl (C=O) groups excluding carboxylic acids is 1. The number of thiocarbonyl (C=S) groups is 2. The summed E-state index contributed by atoms with van der Waals surface area (Å²) < 4.78 is 21.8. The number of ether oxygens (including phenoxy) is 4. The number of aliphatic hydroxyl groups excluding tert-OH is 3. The van der Waals surface area contributed by atoms with Gasteiger partial charge in [0.15, 0.2) is 16.5 Å². The van der Waals surface area contributed by atoms with Crippen molar-refractivity contribution in [1.82, 2.24) is 26.8 Å². The molecule has 0 radical (unpaired) electrons. The van der Waals surface area contributed by atoms with Gasteiger partial charge in [0.05, 0.1) is 52.1 Å². The first kappa shape index (κ1) is 31.9. The van der Waals surface area contributed by atoms with Crippen LogP contribution in [0.3, 0.4) is 0 Å². The summed E-state index contributed by atoms with van der Waals surface area (Å²) in [6, 6.07) is -0.991. The van der Waals surface area contributed by atoms with Crippen molar-refractivity contribution >= 4 is 53.0 Å². The van der Waals surface area contributed by atoms with Crippen molar-refractivity contribution in [1.29, 1.82) is 0 Å². The molecule has 1 aliphatic heterocycles. The van der Waals surface area contributed by atoms with Gasteiger partial charge in [-0.15, -0.1) is 0 Å². The van der Waals surface area contributed by atoms with Crippen LogP contribution in [0.1, 0.15) is 6.92 Å². The minimum absolute atomic E-state index is 0.0900. The third kappa shape index (κ3) is 13.3. The molecule has 1 aliphatic rings. The van der Waals surface area contributed by atoms with Crippen LogP contribution in [0.5, 0.6) is 0 Å². The van der Waals surface area contributed by atoms with Gasteiger partial charge in [-0.25, -0.2) is 0 Å². The standard InChI is InChI=1S/C19H35N7O8S2/c1-12(28)24-14-16(30)15(29)13(11-27)34-17(14)33-10-9-32-8-7-31-6-5-21-19(36)26-23-4-3-22-25-18(35)20-2/h3-4,13-17,27,29-30H,5-11H2,1-2H3,(H,24,28)(H2,20,25,35)(H2,21,26,36)/b22-3+,23-4+/t13?,14?,15-,16+,17+/m0/s1. The maximum absolute atomic E-state index is 11.4. The summed E-state index contributed by atoms with van der Waals surface area (Å²) in [6.45, 7) is 2.53. The molecule has 0 aromatic heterocycles. The summed E-state index contributed by atoms with van der Waals surface area (Å²) in [5, 5.41) is 45.9. The molecule has 8 N–H and O–H groups in total. The highest BCUT2D eigenvalue weighted by Gasteiger charge is 2.45. The predicted octanol–water partition coefficient (Wildman–Crippen LogP) is -3.49. The number of hydrazone groups is 2. The van der Waals surface area contributed by atoms with E-state index in [0.717, 1.165) is 0 Å². The van der Waals surface area contributed by atoms with Gasteiger partial charge in [-0.05, 0) is 24.4 Å². The Labute approximate surface area is 219 Å². The van der Waals surface area contributed by atoms with E-state index in [1.807, 2.05) is 0 Å². The number of carbonyl (C=O) groups is 1. The second kappa shape index (κ2) is 19.1. The lowest BCUT2D eigenvalue weighted by Crippen LogP contribution is -2.64. The first-order valence-corrected chi connectivity index (χ1v) is 11.8. The van der Waals surface area contributed by atoms with E-state index in [-0.39, 0.29) is 13.2 Å². The molecule has 0 aromatic carbocycles. The molecule has 2 unspecified atom stereocenters. The first-order chi connectivity index (χ1) is 17.3. The summed E-state index contributed by atoms with van der Waals surface area (Å²) in [4.78, 5) is 11.4. The average molecular weight is 554 g/mol. The summed E-state index contributed by atoms with van der Waals surface area (Å²) >= 11 is 9.90. The molecule has 0 spiro atoms. The highest BCUT2D eigenvalue weighted by Crippen LogP contribution is 2.22. The van der Waals surface area contributed by atoms with Crippen molar-refractivity contribution in [2.75, 3.05) is 53.2 Å². The zero-order valence-corrected chi connectivity index (χ0v) is 21.7. The summed E-state index contributed by atoms with van der Waals surface area (Å²) in [5.41, 5.74) is 5.18. The molecule has 1 saturated heterocycles. The van der Waals surface area contributed by atoms with Crippen LogP contribution in [0, 0.1) is 0 Å². The summed E-state index contributed by atoms with van der Waals surface area (Å²) in [5.74, 6) is -0.425. The molecule has 0 aromatic rings. The molecule has 1 amide bonds. The molecule has 5 atom stereocenters. The monoisotopic (exact) mass is 553 g/mol. The number of nitrogens with zero attached hydrogens (tertiary/aromatic N) is 2. The van der Waals surface area contributed by atoms with Crippen LogP contribution in [-0.4, -0.2) is 128 Å². The normalized spacial score (nSPS) is 24.0. The van der Waals surface area contributed by atoms with Crippen molar-refractivity contribution in [2.45, 2.75) is 37.6 Å². The zero-order chi connectivity index (χ0) is 26.8. The van der Waals surface area contributed by atoms with E-state index in [4.69, 9.17) is 43.4 Å². The molecule has 1 rings (SSSR count). The van der Waals surface area contributed by atoms with Gasteiger partial charge in [0, 0.05) is 20.5 Å². The lowest BCUT2D eigenvalue weighted by molar-refractivity contribution is -0.272. The van der Waals surface area contributed by atoms with E-state index in [0.29, 0.717) is 36.6 Å². The molecule has 206 valence electrons. The first-order valence-electron chi connectivity index (χ1n) is 11.0. The Morgan fingerprint density at radius 3 is 2.22 bits per heavy atom. The molecule has 0 aliphatic carbocycles. The number of aliphatic hydroxyl groups is 3. The number of hydrogen-bond acceptors (Lipinski definition) is 12. The molecule has 1 heterocycles. The van der Waals surface area contributed by atoms with Gasteiger partial charge in [0.2, 0.25) is 5.91 Å². The number of hydrogen-bond donors (Lipinski definition) is 8. The topological polar surface area (TPSA) is 200 Å². The zero-order valence-electron chi connectivity index (χ0n) is 20.1. The van der Waals surface area contributed by atoms with E-state index in [2.05, 4.69) is 37.0 Å². The van der Waals surface area contributed by atoms with E-state index in [9.17, 15) is 20.1 Å². The van der Waals surface area contributed by atoms with Gasteiger partial charge in [-0.3, -0.25) is 15.6 Å². The molecule has 17 heteroatoms. The number of amides is 1. The molecule has 15 nitrogen and oxygen atoms in total. The predicted molar refractivity (Wildman–Crippen MR) is 138 cm³/mol. The third-order valence-electron chi connectivity index (χ3n) is 4.44. The minimum atomic E-state index is -1.36. The second-order valence-corrected chi connectivity index (χ2v) is 7.96. The van der Waals surface area contributed by atoms with E-state index >= 15 is 0 Å². The Hall–Kier alpha value is -2.09. The Kier molecular flexibility index (Phi) is 16.9. The van der Waals surface area contributed by atoms with Gasteiger partial charge >= 0.3 is 0 Å². The molecule has 36 heavy (non-hydrogen) atoms. The third-order valence-corrected chi connectivity index (χ3v) is 4.97. The van der Waals surface area contributed by atoms with Crippen LogP contribution in [0.15, 0.2) is 10.2 Å². The highest BCUT2D eigenvalue weighted by molar-refractivity contribution is 7.80.